The van der Waals surface area contributed by atoms with E-state index in [1.54, 1.807) is 14.2 Å². The maximum Gasteiger partial charge on any atom is 0.255 e. The number of halogens is 1. The largest absolute Gasteiger partial charge is 0.497 e. The number of rotatable bonds is 9. The highest BCUT2D eigenvalue weighted by Gasteiger charge is 2.12. The number of primary amides is 1. The summed E-state index contributed by atoms with van der Waals surface area (Å²) in [5.41, 5.74) is 7.29. The molecule has 0 unspecified atom stereocenters. The predicted octanol–water partition coefficient (Wildman–Crippen LogP) is 2.62. The summed E-state index contributed by atoms with van der Waals surface area (Å²) in [6.45, 7) is 1.17. The summed E-state index contributed by atoms with van der Waals surface area (Å²) in [4.78, 5) is 10.9. The van der Waals surface area contributed by atoms with Gasteiger partial charge in [-0.3, -0.25) is 4.79 Å². The van der Waals surface area contributed by atoms with E-state index >= 15 is 0 Å². The lowest BCUT2D eigenvalue weighted by molar-refractivity contribution is -0.119. The molecule has 25 heavy (non-hydrogen) atoms. The molecule has 0 fully saturated rings. The monoisotopic (exact) mass is 408 g/mol. The van der Waals surface area contributed by atoms with E-state index in [2.05, 4.69) is 21.2 Å². The van der Waals surface area contributed by atoms with Crippen LogP contribution in [0.3, 0.4) is 0 Å². The average Bonchev–Trinajstić information content (AvgIpc) is 2.60. The second-order valence-electron chi connectivity index (χ2n) is 5.32. The van der Waals surface area contributed by atoms with Crippen LogP contribution in [0.15, 0.2) is 40.9 Å². The van der Waals surface area contributed by atoms with Crippen LogP contribution in [0, 0.1) is 0 Å². The summed E-state index contributed by atoms with van der Waals surface area (Å²) in [5.74, 6) is 1.29. The molecular formula is C18H21BrN2O4. The molecule has 0 bridgehead atoms. The Kier molecular flexibility index (Phi) is 7.09. The Bertz CT molecular complexity index is 720. The van der Waals surface area contributed by atoms with Gasteiger partial charge in [0.05, 0.1) is 18.7 Å². The lowest BCUT2D eigenvalue weighted by atomic mass is 10.2. The van der Waals surface area contributed by atoms with Gasteiger partial charge in [0, 0.05) is 13.1 Å². The molecule has 7 heteroatoms. The third-order valence-electron chi connectivity index (χ3n) is 3.47. The van der Waals surface area contributed by atoms with Crippen LogP contribution in [0.1, 0.15) is 11.1 Å². The Morgan fingerprint density at radius 1 is 1.08 bits per heavy atom. The Morgan fingerprint density at radius 3 is 2.36 bits per heavy atom. The number of hydrogen-bond acceptors (Lipinski definition) is 5. The molecule has 0 radical (unpaired) electrons. The Hall–Kier alpha value is -2.25. The third kappa shape index (κ3) is 5.65. The summed E-state index contributed by atoms with van der Waals surface area (Å²) in [7, 11) is 3.20. The fraction of sp³-hybridized carbons (Fsp3) is 0.278. The Morgan fingerprint density at radius 2 is 1.76 bits per heavy atom. The van der Waals surface area contributed by atoms with Gasteiger partial charge in [-0.25, -0.2) is 0 Å². The number of carbonyl (C=O) groups excluding carboxylic acids is 1. The van der Waals surface area contributed by atoms with Crippen LogP contribution in [-0.4, -0.2) is 26.7 Å². The van der Waals surface area contributed by atoms with Crippen LogP contribution in [0.4, 0.5) is 0 Å². The van der Waals surface area contributed by atoms with Crippen molar-refractivity contribution in [2.45, 2.75) is 13.1 Å². The van der Waals surface area contributed by atoms with Crippen molar-refractivity contribution >= 4 is 21.8 Å². The minimum atomic E-state index is -0.542. The number of ether oxygens (including phenoxy) is 3. The highest BCUT2D eigenvalue weighted by molar-refractivity contribution is 9.10. The normalized spacial score (nSPS) is 10.4. The summed E-state index contributed by atoms with van der Waals surface area (Å²) in [6, 6.07) is 11.7. The first-order valence-electron chi connectivity index (χ1n) is 7.64. The Balaban J connectivity index is 1.99. The number of nitrogens with one attached hydrogen (secondary N) is 1. The van der Waals surface area contributed by atoms with E-state index in [0.29, 0.717) is 22.5 Å². The zero-order valence-corrected chi connectivity index (χ0v) is 15.8. The van der Waals surface area contributed by atoms with Crippen LogP contribution in [0.2, 0.25) is 0 Å². The molecule has 0 saturated carbocycles. The number of methoxy groups -OCH3 is 2. The molecule has 0 spiro atoms. The summed E-state index contributed by atoms with van der Waals surface area (Å²) >= 11 is 3.44. The summed E-state index contributed by atoms with van der Waals surface area (Å²) in [6.07, 6.45) is 0. The SMILES string of the molecule is COc1ccc(CNCc2cc(Br)c(OCC(N)=O)c(OC)c2)cc1. The molecule has 1 amide bonds. The van der Waals surface area contributed by atoms with Crippen molar-refractivity contribution in [1.82, 2.24) is 5.32 Å². The molecule has 3 N–H and O–H groups in total. The zero-order valence-electron chi connectivity index (χ0n) is 14.2. The number of nitrogens with two attached hydrogens (primary N) is 1. The van der Waals surface area contributed by atoms with Crippen molar-refractivity contribution in [3.63, 3.8) is 0 Å². The Labute approximate surface area is 155 Å². The number of amides is 1. The second kappa shape index (κ2) is 9.29. The van der Waals surface area contributed by atoms with Gasteiger partial charge in [-0.1, -0.05) is 12.1 Å². The second-order valence-corrected chi connectivity index (χ2v) is 6.17. The molecule has 2 aromatic rings. The van der Waals surface area contributed by atoms with Gasteiger partial charge in [-0.15, -0.1) is 0 Å². The van der Waals surface area contributed by atoms with Crippen LogP contribution in [0.5, 0.6) is 17.2 Å². The van der Waals surface area contributed by atoms with Crippen LogP contribution < -0.4 is 25.3 Å². The number of carbonyl (C=O) groups is 1. The zero-order chi connectivity index (χ0) is 18.2. The summed E-state index contributed by atoms with van der Waals surface area (Å²) in [5, 5.41) is 3.37. The highest BCUT2D eigenvalue weighted by Crippen LogP contribution is 2.36. The van der Waals surface area contributed by atoms with Gasteiger partial charge in [-0.05, 0) is 51.3 Å². The van der Waals surface area contributed by atoms with Gasteiger partial charge < -0.3 is 25.3 Å². The first-order chi connectivity index (χ1) is 12.0. The number of hydrogen-bond donors (Lipinski definition) is 2. The van der Waals surface area contributed by atoms with Gasteiger partial charge in [0.15, 0.2) is 18.1 Å². The van der Waals surface area contributed by atoms with Gasteiger partial charge in [0.1, 0.15) is 5.75 Å². The van der Waals surface area contributed by atoms with Gasteiger partial charge in [0.25, 0.3) is 5.91 Å². The van der Waals surface area contributed by atoms with Crippen molar-refractivity contribution in [2.24, 2.45) is 5.73 Å². The third-order valence-corrected chi connectivity index (χ3v) is 4.05. The van der Waals surface area contributed by atoms with Crippen molar-refractivity contribution in [2.75, 3.05) is 20.8 Å². The van der Waals surface area contributed by atoms with Gasteiger partial charge in [0.2, 0.25) is 0 Å². The molecule has 0 atom stereocenters. The summed E-state index contributed by atoms with van der Waals surface area (Å²) < 4.78 is 16.6. The van der Waals surface area contributed by atoms with E-state index in [4.69, 9.17) is 19.9 Å². The lowest BCUT2D eigenvalue weighted by Crippen LogP contribution is -2.20. The molecule has 6 nitrogen and oxygen atoms in total. The number of benzene rings is 2. The molecule has 0 aliphatic heterocycles. The highest BCUT2D eigenvalue weighted by atomic mass is 79.9. The average molecular weight is 409 g/mol. The standard InChI is InChI=1S/C18H21BrN2O4/c1-23-14-5-3-12(4-6-14)9-21-10-13-7-15(19)18(16(8-13)24-2)25-11-17(20)22/h3-8,21H,9-11H2,1-2H3,(H2,20,22). The fourth-order valence-electron chi connectivity index (χ4n) is 2.25. The van der Waals surface area contributed by atoms with Crippen LogP contribution in [-0.2, 0) is 17.9 Å². The van der Waals surface area contributed by atoms with Crippen molar-refractivity contribution in [3.8, 4) is 17.2 Å². The van der Waals surface area contributed by atoms with Crippen molar-refractivity contribution < 1.29 is 19.0 Å². The predicted molar refractivity (Wildman–Crippen MR) is 98.9 cm³/mol. The van der Waals surface area contributed by atoms with Gasteiger partial charge in [-0.2, -0.15) is 0 Å². The minimum absolute atomic E-state index is 0.204. The van der Waals surface area contributed by atoms with E-state index in [1.807, 2.05) is 36.4 Å². The van der Waals surface area contributed by atoms with E-state index in [9.17, 15) is 4.79 Å². The molecule has 0 saturated heterocycles. The smallest absolute Gasteiger partial charge is 0.255 e. The fourth-order valence-corrected chi connectivity index (χ4v) is 2.86. The molecule has 0 aromatic heterocycles. The van der Waals surface area contributed by atoms with E-state index in [0.717, 1.165) is 23.4 Å². The van der Waals surface area contributed by atoms with E-state index in [1.165, 1.54) is 0 Å². The molecule has 0 aliphatic rings. The topological polar surface area (TPSA) is 82.8 Å². The molecular weight excluding hydrogens is 388 g/mol. The lowest BCUT2D eigenvalue weighted by Gasteiger charge is -2.14. The van der Waals surface area contributed by atoms with Crippen LogP contribution in [0.25, 0.3) is 0 Å². The molecule has 134 valence electrons. The van der Waals surface area contributed by atoms with Crippen molar-refractivity contribution in [3.05, 3.63) is 52.0 Å². The molecule has 2 aromatic carbocycles. The van der Waals surface area contributed by atoms with Crippen molar-refractivity contribution in [1.29, 1.82) is 0 Å². The van der Waals surface area contributed by atoms with E-state index < -0.39 is 5.91 Å². The first kappa shape index (κ1) is 19.1. The minimum Gasteiger partial charge on any atom is -0.497 e. The van der Waals surface area contributed by atoms with Gasteiger partial charge >= 0.3 is 0 Å². The van der Waals surface area contributed by atoms with Crippen LogP contribution >= 0.6 is 15.9 Å². The quantitative estimate of drug-likeness (QED) is 0.666. The maximum absolute atomic E-state index is 10.9. The first-order valence-corrected chi connectivity index (χ1v) is 8.44. The molecule has 0 aliphatic carbocycles. The molecule has 0 heterocycles. The maximum atomic E-state index is 10.9. The van der Waals surface area contributed by atoms with E-state index in [-0.39, 0.29) is 6.61 Å². The molecule has 2 rings (SSSR count).